The maximum absolute atomic E-state index is 17.3. The number of aliphatic hydroxyl groups is 1. The average Bonchev–Trinajstić information content (AvgIpc) is 3.14. The summed E-state index contributed by atoms with van der Waals surface area (Å²) >= 11 is 0. The Morgan fingerprint density at radius 3 is 2.70 bits per heavy atom. The molecular formula is C25H33FO7. The number of carbonyl (C=O) groups is 3. The third kappa shape index (κ3) is 2.69. The molecule has 0 amide bonds. The zero-order valence-corrected chi connectivity index (χ0v) is 19.7. The van der Waals surface area contributed by atoms with E-state index in [9.17, 15) is 19.5 Å². The second-order valence-electron chi connectivity index (χ2n) is 11.5. The summed E-state index contributed by atoms with van der Waals surface area (Å²) in [7, 11) is 0. The molecule has 0 bridgehead atoms. The number of fused-ring (bicyclic) bond motifs is 7. The number of hydrogen-bond acceptors (Lipinski definition) is 7. The van der Waals surface area contributed by atoms with Gasteiger partial charge in [0.15, 0.2) is 23.8 Å². The number of rotatable bonds is 4. The molecule has 33 heavy (non-hydrogen) atoms. The fourth-order valence-electron chi connectivity index (χ4n) is 8.39. The van der Waals surface area contributed by atoms with E-state index < -0.39 is 58.4 Å². The van der Waals surface area contributed by atoms with Gasteiger partial charge in [-0.25, -0.2) is 4.39 Å². The Morgan fingerprint density at radius 1 is 1.27 bits per heavy atom. The van der Waals surface area contributed by atoms with E-state index >= 15 is 4.39 Å². The van der Waals surface area contributed by atoms with Crippen LogP contribution >= 0.6 is 0 Å². The molecule has 0 aromatic rings. The van der Waals surface area contributed by atoms with Crippen molar-refractivity contribution in [1.29, 1.82) is 0 Å². The summed E-state index contributed by atoms with van der Waals surface area (Å²) in [5.41, 5.74) is -4.40. The lowest BCUT2D eigenvalue weighted by molar-refractivity contribution is -0.251. The monoisotopic (exact) mass is 464 g/mol. The van der Waals surface area contributed by atoms with Crippen molar-refractivity contribution >= 4 is 18.0 Å². The topological polar surface area (TPSA) is 99.1 Å². The molecule has 4 aliphatic carbocycles. The largest absolute Gasteiger partial charge is 0.460 e. The summed E-state index contributed by atoms with van der Waals surface area (Å²) in [6, 6.07) is 0. The van der Waals surface area contributed by atoms with Gasteiger partial charge in [0.2, 0.25) is 5.78 Å². The maximum Gasteiger partial charge on any atom is 0.293 e. The number of hydrogen-bond donors (Lipinski definition) is 1. The van der Waals surface area contributed by atoms with E-state index in [4.69, 9.17) is 14.2 Å². The van der Waals surface area contributed by atoms with Crippen LogP contribution in [-0.4, -0.2) is 59.0 Å². The van der Waals surface area contributed by atoms with Gasteiger partial charge in [-0.05, 0) is 57.9 Å². The van der Waals surface area contributed by atoms with Crippen LogP contribution in [0.5, 0.6) is 0 Å². The highest BCUT2D eigenvalue weighted by Gasteiger charge is 2.80. The molecule has 0 spiro atoms. The van der Waals surface area contributed by atoms with E-state index in [1.54, 1.807) is 19.9 Å². The fourth-order valence-corrected chi connectivity index (χ4v) is 8.39. The lowest BCUT2D eigenvalue weighted by Gasteiger charge is -2.63. The van der Waals surface area contributed by atoms with Crippen molar-refractivity contribution in [3.05, 3.63) is 11.6 Å². The van der Waals surface area contributed by atoms with Crippen molar-refractivity contribution in [2.24, 2.45) is 22.7 Å². The van der Waals surface area contributed by atoms with Gasteiger partial charge in [0, 0.05) is 23.2 Å². The average molecular weight is 465 g/mol. The van der Waals surface area contributed by atoms with E-state index in [2.05, 4.69) is 0 Å². The number of alkyl halides is 1. The van der Waals surface area contributed by atoms with Crippen LogP contribution in [0, 0.1) is 22.7 Å². The van der Waals surface area contributed by atoms with Crippen molar-refractivity contribution < 1.29 is 38.1 Å². The summed E-state index contributed by atoms with van der Waals surface area (Å²) in [5.74, 6) is -2.23. The van der Waals surface area contributed by atoms with Crippen LogP contribution in [-0.2, 0) is 28.6 Å². The Bertz CT molecular complexity index is 945. The summed E-state index contributed by atoms with van der Waals surface area (Å²) in [5, 5.41) is 11.5. The van der Waals surface area contributed by atoms with Gasteiger partial charge in [0.25, 0.3) is 6.47 Å². The maximum atomic E-state index is 17.3. The summed E-state index contributed by atoms with van der Waals surface area (Å²) < 4.78 is 34.6. The van der Waals surface area contributed by atoms with E-state index in [0.717, 1.165) is 5.57 Å². The molecule has 1 N–H and O–H groups in total. The highest BCUT2D eigenvalue weighted by atomic mass is 19.1. The van der Waals surface area contributed by atoms with Gasteiger partial charge in [0.1, 0.15) is 5.67 Å². The van der Waals surface area contributed by atoms with Crippen molar-refractivity contribution in [1.82, 2.24) is 0 Å². The number of aliphatic hydroxyl groups excluding tert-OH is 1. The number of carbonyl (C=O) groups excluding carboxylic acids is 3. The lowest BCUT2D eigenvalue weighted by Crippen LogP contribution is -2.70. The van der Waals surface area contributed by atoms with Gasteiger partial charge in [0.05, 0.1) is 12.2 Å². The second kappa shape index (κ2) is 6.95. The number of allylic oxidation sites excluding steroid dienone is 1. The standard InChI is InChI=1S/C25H33FO7/c1-21(2)32-20-10-17-16-6-5-14-9-15(28)7-8-22(14,3)24(16,26)18(29)11-23(17,4)25(20,33-21)19(30)12-31-13-27/h9,13,16-18,20,29H,5-8,10-12H2,1-4H3/t16-,17-,18-,20+,22-,23-,24-,25+/m0/s1. The van der Waals surface area contributed by atoms with Gasteiger partial charge in [-0.15, -0.1) is 0 Å². The van der Waals surface area contributed by atoms with Crippen molar-refractivity contribution in [2.45, 2.75) is 95.5 Å². The molecule has 8 heteroatoms. The van der Waals surface area contributed by atoms with Crippen LogP contribution in [0.25, 0.3) is 0 Å². The number of halogens is 1. The third-order valence-corrected chi connectivity index (χ3v) is 9.73. The lowest BCUT2D eigenvalue weighted by atomic mass is 9.44. The summed E-state index contributed by atoms with van der Waals surface area (Å²) in [6.07, 6.45) is 1.76. The molecule has 182 valence electrons. The molecule has 0 aromatic heterocycles. The molecule has 1 aliphatic heterocycles. The SMILES string of the molecule is CC1(C)O[C@@H]2C[C@H]3[C@@H]4CCC5=CC(=O)CC[C@]5(C)[C@@]4(F)[C@@H](O)C[C@]3(C)[C@]2(C(=O)COC=O)O1. The van der Waals surface area contributed by atoms with E-state index in [-0.39, 0.29) is 31.0 Å². The quantitative estimate of drug-likeness (QED) is 0.639. The molecule has 1 saturated heterocycles. The predicted octanol–water partition coefficient (Wildman–Crippen LogP) is 2.82. The molecule has 0 radical (unpaired) electrons. The van der Waals surface area contributed by atoms with E-state index in [1.807, 2.05) is 13.8 Å². The van der Waals surface area contributed by atoms with Gasteiger partial charge < -0.3 is 19.3 Å². The first-order valence-corrected chi connectivity index (χ1v) is 11.9. The minimum atomic E-state index is -1.92. The van der Waals surface area contributed by atoms with Crippen LogP contribution in [0.1, 0.15) is 66.2 Å². The Morgan fingerprint density at radius 2 is 2.00 bits per heavy atom. The molecule has 0 unspecified atom stereocenters. The Kier molecular flexibility index (Phi) is 4.87. The summed E-state index contributed by atoms with van der Waals surface area (Å²) in [6.45, 7) is 6.96. The smallest absolute Gasteiger partial charge is 0.293 e. The highest BCUT2D eigenvalue weighted by molar-refractivity contribution is 5.92. The Balaban J connectivity index is 1.60. The first-order chi connectivity index (χ1) is 15.4. The molecule has 4 fully saturated rings. The molecule has 8 atom stereocenters. The van der Waals surface area contributed by atoms with Crippen molar-refractivity contribution in [2.75, 3.05) is 6.61 Å². The molecule has 3 saturated carbocycles. The number of ether oxygens (including phenoxy) is 3. The zero-order chi connectivity index (χ0) is 24.0. The third-order valence-electron chi connectivity index (χ3n) is 9.73. The summed E-state index contributed by atoms with van der Waals surface area (Å²) in [4.78, 5) is 36.4. The second-order valence-corrected chi connectivity index (χ2v) is 11.5. The van der Waals surface area contributed by atoms with Crippen LogP contribution in [0.2, 0.25) is 0 Å². The van der Waals surface area contributed by atoms with E-state index in [0.29, 0.717) is 25.7 Å². The van der Waals surface area contributed by atoms with E-state index in [1.165, 1.54) is 0 Å². The Labute approximate surface area is 193 Å². The number of ketones is 2. The van der Waals surface area contributed by atoms with Crippen LogP contribution in [0.4, 0.5) is 4.39 Å². The van der Waals surface area contributed by atoms with Crippen molar-refractivity contribution in [3.8, 4) is 0 Å². The highest BCUT2D eigenvalue weighted by Crippen LogP contribution is 2.72. The van der Waals surface area contributed by atoms with Crippen molar-refractivity contribution in [3.63, 3.8) is 0 Å². The minimum Gasteiger partial charge on any atom is -0.460 e. The normalized spacial score (nSPS) is 49.9. The van der Waals surface area contributed by atoms with Gasteiger partial charge in [-0.1, -0.05) is 19.4 Å². The molecule has 0 aromatic carbocycles. The Hall–Kier alpha value is -1.64. The first kappa shape index (κ1) is 23.1. The van der Waals surface area contributed by atoms with Gasteiger partial charge in [-0.3, -0.25) is 14.4 Å². The van der Waals surface area contributed by atoms with Crippen LogP contribution in [0.3, 0.4) is 0 Å². The van der Waals surface area contributed by atoms with Gasteiger partial charge >= 0.3 is 0 Å². The van der Waals surface area contributed by atoms with Gasteiger partial charge in [-0.2, -0.15) is 0 Å². The van der Waals surface area contributed by atoms with Crippen LogP contribution in [0.15, 0.2) is 11.6 Å². The zero-order valence-electron chi connectivity index (χ0n) is 19.7. The predicted molar refractivity (Wildman–Crippen MR) is 114 cm³/mol. The fraction of sp³-hybridized carbons (Fsp3) is 0.800. The van der Waals surface area contributed by atoms with Crippen LogP contribution < -0.4 is 0 Å². The first-order valence-electron chi connectivity index (χ1n) is 11.9. The molecule has 5 rings (SSSR count). The molecular weight excluding hydrogens is 431 g/mol. The molecule has 1 heterocycles. The molecule has 7 nitrogen and oxygen atoms in total. The minimum absolute atomic E-state index is 0.0128. The molecule has 5 aliphatic rings. The number of Topliss-reactive ketones (excluding diaryl/α,β-unsaturated/α-hetero) is 1.